The number of aromatic nitrogens is 2. The van der Waals surface area contributed by atoms with Gasteiger partial charge in [-0.2, -0.15) is 4.98 Å². The molecule has 0 radical (unpaired) electrons. The molecule has 0 aliphatic heterocycles. The molecule has 4 nitrogen and oxygen atoms in total. The Bertz CT molecular complexity index is 623. The Balaban J connectivity index is 2.65. The zero-order valence-corrected chi connectivity index (χ0v) is 11.6. The van der Waals surface area contributed by atoms with Gasteiger partial charge in [0, 0.05) is 11.8 Å². The highest BCUT2D eigenvalue weighted by atomic mass is 35.5. The third kappa shape index (κ3) is 2.72. The van der Waals surface area contributed by atoms with Crippen molar-refractivity contribution in [1.29, 1.82) is 0 Å². The molecule has 0 saturated carbocycles. The third-order valence-corrected chi connectivity index (χ3v) is 3.19. The summed E-state index contributed by atoms with van der Waals surface area (Å²) in [5.41, 5.74) is 0.779. The number of hydrogen-bond acceptors (Lipinski definition) is 4. The van der Waals surface area contributed by atoms with Crippen LogP contribution in [0.15, 0.2) is 18.3 Å². The normalized spacial score (nSPS) is 10.4. The van der Waals surface area contributed by atoms with E-state index in [2.05, 4.69) is 9.97 Å². The van der Waals surface area contributed by atoms with Gasteiger partial charge in [0.2, 0.25) is 5.88 Å². The molecule has 0 amide bonds. The molecule has 0 fully saturated rings. The van der Waals surface area contributed by atoms with Gasteiger partial charge >= 0.3 is 6.01 Å². The molecule has 0 atom stereocenters. The fourth-order valence-corrected chi connectivity index (χ4v) is 1.96. The summed E-state index contributed by atoms with van der Waals surface area (Å²) in [5, 5.41) is 0.310. The summed E-state index contributed by atoms with van der Waals surface area (Å²) in [4.78, 5) is 7.95. The molecule has 0 spiro atoms. The Morgan fingerprint density at radius 3 is 2.47 bits per heavy atom. The number of methoxy groups -OCH3 is 2. The lowest BCUT2D eigenvalue weighted by molar-refractivity contribution is 0.353. The lowest BCUT2D eigenvalue weighted by Crippen LogP contribution is -1.98. The Kier molecular flexibility index (Phi) is 4.07. The third-order valence-electron chi connectivity index (χ3n) is 2.39. The molecule has 1 heterocycles. The van der Waals surface area contributed by atoms with E-state index in [1.807, 2.05) is 0 Å². The smallest absolute Gasteiger partial charge is 0.319 e. The van der Waals surface area contributed by atoms with E-state index in [4.69, 9.17) is 32.7 Å². The highest BCUT2D eigenvalue weighted by Gasteiger charge is 2.16. The van der Waals surface area contributed by atoms with Crippen molar-refractivity contribution >= 4 is 23.2 Å². The van der Waals surface area contributed by atoms with Crippen molar-refractivity contribution in [2.75, 3.05) is 14.2 Å². The van der Waals surface area contributed by atoms with E-state index in [-0.39, 0.29) is 21.9 Å². The van der Waals surface area contributed by atoms with Crippen molar-refractivity contribution in [3.05, 3.63) is 34.2 Å². The summed E-state index contributed by atoms with van der Waals surface area (Å²) in [6.45, 7) is 0. The Morgan fingerprint density at radius 2 is 1.84 bits per heavy atom. The summed E-state index contributed by atoms with van der Waals surface area (Å²) in [6, 6.07) is 2.51. The summed E-state index contributed by atoms with van der Waals surface area (Å²) < 4.78 is 23.4. The quantitative estimate of drug-likeness (QED) is 0.813. The van der Waals surface area contributed by atoms with E-state index < -0.39 is 5.82 Å². The predicted octanol–water partition coefficient (Wildman–Crippen LogP) is 3.61. The zero-order valence-electron chi connectivity index (χ0n) is 10.1. The Labute approximate surface area is 119 Å². The maximum Gasteiger partial charge on any atom is 0.319 e. The van der Waals surface area contributed by atoms with E-state index in [1.54, 1.807) is 0 Å². The Hall–Kier alpha value is -1.59. The molecule has 19 heavy (non-hydrogen) atoms. The van der Waals surface area contributed by atoms with Crippen LogP contribution in [0.4, 0.5) is 4.39 Å². The first kappa shape index (κ1) is 13.8. The van der Waals surface area contributed by atoms with Gasteiger partial charge in [0.1, 0.15) is 5.82 Å². The minimum atomic E-state index is -0.512. The van der Waals surface area contributed by atoms with Crippen LogP contribution in [0.1, 0.15) is 0 Å². The van der Waals surface area contributed by atoms with Crippen LogP contribution in [-0.2, 0) is 0 Å². The molecule has 0 N–H and O–H groups in total. The summed E-state index contributed by atoms with van der Waals surface area (Å²) in [5.74, 6) is -0.294. The molecule has 100 valence electrons. The summed E-state index contributed by atoms with van der Waals surface area (Å²) in [6.07, 6.45) is 1.43. The van der Waals surface area contributed by atoms with Gasteiger partial charge in [-0.25, -0.2) is 9.37 Å². The predicted molar refractivity (Wildman–Crippen MR) is 70.6 cm³/mol. The first-order valence-electron chi connectivity index (χ1n) is 5.16. The molecule has 1 aromatic heterocycles. The second kappa shape index (κ2) is 5.59. The molecule has 7 heteroatoms. The molecule has 0 aliphatic rings. The van der Waals surface area contributed by atoms with Crippen LogP contribution in [-0.4, -0.2) is 24.2 Å². The standard InChI is InChI=1S/C12H9Cl2FN2O2/c1-18-11-8(5-16-12(17-11)19-2)7-3-6(15)4-9(13)10(7)14/h3-5H,1-2H3. The van der Waals surface area contributed by atoms with Gasteiger partial charge in [0.25, 0.3) is 0 Å². The van der Waals surface area contributed by atoms with E-state index in [0.717, 1.165) is 6.07 Å². The van der Waals surface area contributed by atoms with E-state index in [9.17, 15) is 4.39 Å². The molecular formula is C12H9Cl2FN2O2. The second-order valence-corrected chi connectivity index (χ2v) is 4.31. The van der Waals surface area contributed by atoms with Crippen molar-refractivity contribution < 1.29 is 13.9 Å². The molecule has 1 aromatic carbocycles. The average Bonchev–Trinajstić information content (AvgIpc) is 2.42. The van der Waals surface area contributed by atoms with E-state index in [0.29, 0.717) is 11.1 Å². The number of benzene rings is 1. The second-order valence-electron chi connectivity index (χ2n) is 3.53. The van der Waals surface area contributed by atoms with Crippen LogP contribution in [0.3, 0.4) is 0 Å². The maximum absolute atomic E-state index is 13.4. The number of nitrogens with zero attached hydrogens (tertiary/aromatic N) is 2. The number of halogens is 3. The van der Waals surface area contributed by atoms with Gasteiger partial charge in [-0.15, -0.1) is 0 Å². The zero-order chi connectivity index (χ0) is 14.0. The minimum Gasteiger partial charge on any atom is -0.480 e. The van der Waals surface area contributed by atoms with Gasteiger partial charge < -0.3 is 9.47 Å². The molecule has 2 aromatic rings. The molecule has 2 rings (SSSR count). The van der Waals surface area contributed by atoms with Crippen LogP contribution in [0.2, 0.25) is 10.0 Å². The minimum absolute atomic E-state index is 0.106. The van der Waals surface area contributed by atoms with Crippen molar-refractivity contribution in [2.45, 2.75) is 0 Å². The van der Waals surface area contributed by atoms with Gasteiger partial charge in [-0.05, 0) is 12.1 Å². The fourth-order valence-electron chi connectivity index (χ4n) is 1.54. The first-order chi connectivity index (χ1) is 9.06. The lowest BCUT2D eigenvalue weighted by Gasteiger charge is -2.10. The van der Waals surface area contributed by atoms with Gasteiger partial charge in [0.15, 0.2) is 0 Å². The molecule has 0 aliphatic carbocycles. The highest BCUT2D eigenvalue weighted by Crippen LogP contribution is 2.38. The number of hydrogen-bond donors (Lipinski definition) is 0. The largest absolute Gasteiger partial charge is 0.480 e. The van der Waals surface area contributed by atoms with Gasteiger partial charge in [-0.3, -0.25) is 0 Å². The van der Waals surface area contributed by atoms with Crippen LogP contribution in [0.25, 0.3) is 11.1 Å². The summed E-state index contributed by atoms with van der Waals surface area (Å²) >= 11 is 11.9. The van der Waals surface area contributed by atoms with E-state index in [1.165, 1.54) is 26.5 Å². The summed E-state index contributed by atoms with van der Waals surface area (Å²) in [7, 11) is 2.86. The van der Waals surface area contributed by atoms with Crippen molar-refractivity contribution in [3.63, 3.8) is 0 Å². The van der Waals surface area contributed by atoms with Crippen molar-refractivity contribution in [2.24, 2.45) is 0 Å². The number of ether oxygens (including phenoxy) is 2. The SMILES string of the molecule is COc1ncc(-c2cc(F)cc(Cl)c2Cl)c(OC)n1. The van der Waals surface area contributed by atoms with Gasteiger partial charge in [-0.1, -0.05) is 23.2 Å². The van der Waals surface area contributed by atoms with Crippen LogP contribution in [0, 0.1) is 5.82 Å². The topological polar surface area (TPSA) is 44.2 Å². The van der Waals surface area contributed by atoms with Crippen LogP contribution in [0.5, 0.6) is 11.9 Å². The van der Waals surface area contributed by atoms with E-state index >= 15 is 0 Å². The molecule has 0 bridgehead atoms. The average molecular weight is 303 g/mol. The monoisotopic (exact) mass is 302 g/mol. The Morgan fingerprint density at radius 1 is 1.11 bits per heavy atom. The van der Waals surface area contributed by atoms with Crippen molar-refractivity contribution in [1.82, 2.24) is 9.97 Å². The number of rotatable bonds is 3. The maximum atomic E-state index is 13.4. The highest BCUT2D eigenvalue weighted by molar-refractivity contribution is 6.43. The molecular weight excluding hydrogens is 294 g/mol. The van der Waals surface area contributed by atoms with Crippen LogP contribution < -0.4 is 9.47 Å². The first-order valence-corrected chi connectivity index (χ1v) is 5.92. The lowest BCUT2D eigenvalue weighted by atomic mass is 10.1. The fraction of sp³-hybridized carbons (Fsp3) is 0.167. The molecule has 0 saturated heterocycles. The van der Waals surface area contributed by atoms with Gasteiger partial charge in [0.05, 0.1) is 29.8 Å². The molecule has 0 unspecified atom stereocenters. The van der Waals surface area contributed by atoms with Crippen molar-refractivity contribution in [3.8, 4) is 23.0 Å². The van der Waals surface area contributed by atoms with Crippen LogP contribution >= 0.6 is 23.2 Å².